The van der Waals surface area contributed by atoms with Gasteiger partial charge in [0.15, 0.2) is 11.5 Å². The molecule has 0 bridgehead atoms. The molecule has 17 nitrogen and oxygen atoms in total. The van der Waals surface area contributed by atoms with Crippen LogP contribution in [0.15, 0.2) is 48.7 Å². The van der Waals surface area contributed by atoms with Gasteiger partial charge < -0.3 is 35.4 Å². The summed E-state index contributed by atoms with van der Waals surface area (Å²) in [6, 6.07) is 12.7. The van der Waals surface area contributed by atoms with Gasteiger partial charge in [-0.05, 0) is 153 Å². The maximum absolute atomic E-state index is 14.1. The number of hydrogen-bond acceptors (Lipinski definition) is 13. The second-order valence-electron chi connectivity index (χ2n) is 19.7. The SMILES string of the molecule is CC(C)(C)OC(=O)N1CCC(CCN(CCCCN2CCC(c3ccc(Nc4nc(N5CCCCC5)cnc4C(N)=O)cc3)CC2)c2cccc3c2C(=O)N(C2CCC(=O)NC2=O)C3=O)CC1. The summed E-state index contributed by atoms with van der Waals surface area (Å²) in [7, 11) is 0. The Balaban J connectivity index is 0.866. The van der Waals surface area contributed by atoms with Crippen LogP contribution in [0.2, 0.25) is 0 Å². The molecule has 1 aromatic heterocycles. The lowest BCUT2D eigenvalue weighted by atomic mass is 9.89. The van der Waals surface area contributed by atoms with E-state index in [0.29, 0.717) is 55.1 Å². The third-order valence-corrected chi connectivity index (χ3v) is 13.9. The molecule has 4 saturated heterocycles. The van der Waals surface area contributed by atoms with Gasteiger partial charge in [-0.3, -0.25) is 34.2 Å². The number of likely N-dealkylation sites (tertiary alicyclic amines) is 2. The lowest BCUT2D eigenvalue weighted by Crippen LogP contribution is -2.54. The van der Waals surface area contributed by atoms with Gasteiger partial charge in [-0.2, -0.15) is 0 Å². The molecule has 3 aromatic rings. The molecule has 1 atom stereocenters. The van der Waals surface area contributed by atoms with Crippen LogP contribution in [0.3, 0.4) is 0 Å². The molecule has 6 amide bonds. The number of benzene rings is 2. The van der Waals surface area contributed by atoms with Crippen LogP contribution >= 0.6 is 0 Å². The van der Waals surface area contributed by atoms with Crippen molar-refractivity contribution >= 4 is 58.6 Å². The summed E-state index contributed by atoms with van der Waals surface area (Å²) in [5.74, 6) is -0.761. The highest BCUT2D eigenvalue weighted by Crippen LogP contribution is 2.36. The van der Waals surface area contributed by atoms with Gasteiger partial charge in [0.05, 0.1) is 23.0 Å². The minimum Gasteiger partial charge on any atom is -0.444 e. The summed E-state index contributed by atoms with van der Waals surface area (Å²) in [4.78, 5) is 96.6. The minimum atomic E-state index is -1.03. The average molecular weight is 919 g/mol. The van der Waals surface area contributed by atoms with Gasteiger partial charge in [0.1, 0.15) is 17.5 Å². The normalized spacial score (nSPS) is 19.9. The van der Waals surface area contributed by atoms with E-state index >= 15 is 0 Å². The van der Waals surface area contributed by atoms with Gasteiger partial charge in [-0.1, -0.05) is 18.2 Å². The molecule has 5 aliphatic rings. The number of piperidine rings is 4. The summed E-state index contributed by atoms with van der Waals surface area (Å²) < 4.78 is 5.62. The highest BCUT2D eigenvalue weighted by atomic mass is 16.6. The van der Waals surface area contributed by atoms with Crippen LogP contribution in [0, 0.1) is 5.92 Å². The van der Waals surface area contributed by atoms with E-state index in [1.54, 1.807) is 23.2 Å². The zero-order valence-electron chi connectivity index (χ0n) is 39.3. The van der Waals surface area contributed by atoms with E-state index in [-0.39, 0.29) is 30.2 Å². The van der Waals surface area contributed by atoms with Crippen LogP contribution in [-0.2, 0) is 14.3 Å². The van der Waals surface area contributed by atoms with Crippen LogP contribution in [0.25, 0.3) is 0 Å². The lowest BCUT2D eigenvalue weighted by molar-refractivity contribution is -0.136. The number of amides is 6. The van der Waals surface area contributed by atoms with Crippen molar-refractivity contribution in [2.75, 3.05) is 74.0 Å². The molecule has 0 spiro atoms. The quantitative estimate of drug-likeness (QED) is 0.115. The number of rotatable bonds is 15. The molecule has 358 valence electrons. The van der Waals surface area contributed by atoms with Gasteiger partial charge in [-0.15, -0.1) is 0 Å². The topological polar surface area (TPSA) is 204 Å². The van der Waals surface area contributed by atoms with Crippen LogP contribution in [-0.4, -0.2) is 131 Å². The van der Waals surface area contributed by atoms with Crippen LogP contribution in [0.1, 0.15) is 141 Å². The Hall–Kier alpha value is -6.10. The second-order valence-corrected chi connectivity index (χ2v) is 19.7. The molecule has 0 aliphatic carbocycles. The number of fused-ring (bicyclic) bond motifs is 1. The number of nitrogens with two attached hydrogens (primary N) is 1. The van der Waals surface area contributed by atoms with Crippen molar-refractivity contribution in [1.82, 2.24) is 30.0 Å². The standard InChI is InChI=1S/C50H66N10O7/c1-50(2,3)67-49(66)59-30-19-33(20-31-59)18-29-57(38-11-9-10-37-42(38)48(65)60(47(37)64)39-16-17-41(61)55-46(39)63)24-8-7-23-56-27-21-35(22-28-56)34-12-14-36(15-13-34)53-45-43(44(51)62)52-32-40(54-45)58-25-5-4-6-26-58/h9-15,32-33,35,39H,4-8,16-31H2,1-3H3,(H2,51,62)(H,53,54)(H,55,61,63). The molecule has 5 aliphatic heterocycles. The molecule has 6 heterocycles. The first-order chi connectivity index (χ1) is 32.2. The van der Waals surface area contributed by atoms with E-state index in [0.717, 1.165) is 107 Å². The second kappa shape index (κ2) is 20.8. The van der Waals surface area contributed by atoms with Gasteiger partial charge >= 0.3 is 6.09 Å². The highest BCUT2D eigenvalue weighted by Gasteiger charge is 2.46. The number of carbonyl (C=O) groups is 6. The average Bonchev–Trinajstić information content (AvgIpc) is 3.57. The maximum atomic E-state index is 14.1. The Morgan fingerprint density at radius 2 is 1.60 bits per heavy atom. The lowest BCUT2D eigenvalue weighted by Gasteiger charge is -2.35. The van der Waals surface area contributed by atoms with Crippen molar-refractivity contribution in [3.05, 3.63) is 71.0 Å². The number of hydrogen-bond donors (Lipinski definition) is 3. The molecule has 4 N–H and O–H groups in total. The largest absolute Gasteiger partial charge is 0.444 e. The van der Waals surface area contributed by atoms with Crippen molar-refractivity contribution in [3.8, 4) is 0 Å². The molecule has 8 rings (SSSR count). The first kappa shape index (κ1) is 47.4. The maximum Gasteiger partial charge on any atom is 0.410 e. The number of imide groups is 2. The van der Waals surface area contributed by atoms with Crippen LogP contribution in [0.4, 0.5) is 27.8 Å². The first-order valence-electron chi connectivity index (χ1n) is 24.3. The van der Waals surface area contributed by atoms with Gasteiger partial charge in [-0.25, -0.2) is 14.8 Å². The van der Waals surface area contributed by atoms with E-state index in [9.17, 15) is 28.8 Å². The molecular weight excluding hydrogens is 853 g/mol. The Morgan fingerprint density at radius 1 is 0.866 bits per heavy atom. The Bertz CT molecular complexity index is 2310. The molecular formula is C50H66N10O7. The number of carbonyl (C=O) groups excluding carboxylic acids is 6. The van der Waals surface area contributed by atoms with Gasteiger partial charge in [0.25, 0.3) is 17.7 Å². The summed E-state index contributed by atoms with van der Waals surface area (Å²) >= 11 is 0. The van der Waals surface area contributed by atoms with Gasteiger partial charge in [0.2, 0.25) is 11.8 Å². The van der Waals surface area contributed by atoms with E-state index in [2.05, 4.69) is 42.5 Å². The van der Waals surface area contributed by atoms with Crippen molar-refractivity contribution in [2.45, 2.75) is 115 Å². The number of unbranched alkanes of at least 4 members (excludes halogenated alkanes) is 1. The van der Waals surface area contributed by atoms with Crippen molar-refractivity contribution in [2.24, 2.45) is 11.7 Å². The van der Waals surface area contributed by atoms with Crippen molar-refractivity contribution in [1.29, 1.82) is 0 Å². The third kappa shape index (κ3) is 11.4. The summed E-state index contributed by atoms with van der Waals surface area (Å²) in [6.45, 7) is 12.9. The van der Waals surface area contributed by atoms with Gasteiger partial charge in [0, 0.05) is 51.4 Å². The number of aromatic nitrogens is 2. The molecule has 4 fully saturated rings. The third-order valence-electron chi connectivity index (χ3n) is 13.9. The van der Waals surface area contributed by atoms with E-state index in [4.69, 9.17) is 15.5 Å². The summed E-state index contributed by atoms with van der Waals surface area (Å²) in [5.41, 5.74) is 8.60. The summed E-state index contributed by atoms with van der Waals surface area (Å²) in [6.07, 6.45) is 11.4. The van der Waals surface area contributed by atoms with E-state index < -0.39 is 41.2 Å². The zero-order chi connectivity index (χ0) is 47.2. The van der Waals surface area contributed by atoms with E-state index in [1.165, 1.54) is 12.0 Å². The van der Waals surface area contributed by atoms with Crippen LogP contribution in [0.5, 0.6) is 0 Å². The predicted octanol–water partition coefficient (Wildman–Crippen LogP) is 6.21. The number of anilines is 4. The Kier molecular flexibility index (Phi) is 14.7. The van der Waals surface area contributed by atoms with Crippen molar-refractivity contribution in [3.63, 3.8) is 0 Å². The molecule has 0 radical (unpaired) electrons. The molecule has 2 aromatic carbocycles. The highest BCUT2D eigenvalue weighted by molar-refractivity contribution is 6.25. The number of nitrogens with zero attached hydrogens (tertiary/aromatic N) is 7. The number of ether oxygens (including phenoxy) is 1. The zero-order valence-corrected chi connectivity index (χ0v) is 39.3. The molecule has 0 saturated carbocycles. The van der Waals surface area contributed by atoms with Crippen molar-refractivity contribution < 1.29 is 33.5 Å². The minimum absolute atomic E-state index is 0.0603. The molecule has 67 heavy (non-hydrogen) atoms. The number of nitrogens with one attached hydrogen (secondary N) is 2. The van der Waals surface area contributed by atoms with E-state index in [1.807, 2.05) is 39.0 Å². The smallest absolute Gasteiger partial charge is 0.410 e. The monoisotopic (exact) mass is 919 g/mol. The molecule has 17 heteroatoms. The Labute approximate surface area is 393 Å². The fraction of sp³-hybridized carbons (Fsp3) is 0.560. The summed E-state index contributed by atoms with van der Waals surface area (Å²) in [5, 5.41) is 5.59. The number of primary amides is 1. The fourth-order valence-electron chi connectivity index (χ4n) is 10.2. The molecule has 1 unspecified atom stereocenters. The fourth-order valence-corrected chi connectivity index (χ4v) is 10.2. The first-order valence-corrected chi connectivity index (χ1v) is 24.3. The Morgan fingerprint density at radius 3 is 2.28 bits per heavy atom. The van der Waals surface area contributed by atoms with Crippen LogP contribution < -0.4 is 26.2 Å². The predicted molar refractivity (Wildman–Crippen MR) is 254 cm³/mol.